The third kappa shape index (κ3) is 2.20. The molecule has 1 unspecified atom stereocenters. The SMILES string of the molecule is CP(=O)(O)C(=O)c1ccc2[nH]c(C(=O)O)cc2c1. The second kappa shape index (κ2) is 4.08. The Hall–Kier alpha value is -1.91. The molecule has 0 aliphatic heterocycles. The van der Waals surface area contributed by atoms with Gasteiger partial charge in [0.15, 0.2) is 0 Å². The Bertz CT molecular complexity index is 697. The van der Waals surface area contributed by atoms with E-state index in [4.69, 9.17) is 5.11 Å². The average molecular weight is 267 g/mol. The molecule has 2 rings (SSSR count). The fourth-order valence-electron chi connectivity index (χ4n) is 1.62. The number of aromatic amines is 1. The molecule has 0 amide bonds. The highest BCUT2D eigenvalue weighted by molar-refractivity contribution is 7.75. The molecule has 0 bridgehead atoms. The van der Waals surface area contributed by atoms with E-state index in [0.717, 1.165) is 6.66 Å². The lowest BCUT2D eigenvalue weighted by Crippen LogP contribution is -1.98. The summed E-state index contributed by atoms with van der Waals surface area (Å²) in [6, 6.07) is 5.66. The molecule has 1 aromatic carbocycles. The van der Waals surface area contributed by atoms with Crippen molar-refractivity contribution in [3.8, 4) is 0 Å². The summed E-state index contributed by atoms with van der Waals surface area (Å²) in [5, 5.41) is 9.32. The van der Waals surface area contributed by atoms with Gasteiger partial charge in [-0.2, -0.15) is 0 Å². The van der Waals surface area contributed by atoms with Crippen LogP contribution in [0.4, 0.5) is 0 Å². The molecule has 0 aliphatic rings. The monoisotopic (exact) mass is 267 g/mol. The first-order chi connectivity index (χ1) is 8.29. The number of H-pyrrole nitrogens is 1. The van der Waals surface area contributed by atoms with Crippen molar-refractivity contribution in [3.05, 3.63) is 35.5 Å². The van der Waals surface area contributed by atoms with Gasteiger partial charge in [-0.25, -0.2) is 4.79 Å². The molecule has 3 N–H and O–H groups in total. The van der Waals surface area contributed by atoms with Crippen LogP contribution in [0.2, 0.25) is 0 Å². The van der Waals surface area contributed by atoms with Gasteiger partial charge in [0.05, 0.1) is 0 Å². The second-order valence-corrected chi connectivity index (χ2v) is 6.14. The van der Waals surface area contributed by atoms with Crippen LogP contribution >= 0.6 is 7.37 Å². The maximum atomic E-state index is 11.6. The van der Waals surface area contributed by atoms with Crippen molar-refractivity contribution in [1.82, 2.24) is 4.98 Å². The summed E-state index contributed by atoms with van der Waals surface area (Å²) in [4.78, 5) is 34.2. The molecule has 7 heteroatoms. The number of aromatic carboxylic acids is 1. The smallest absolute Gasteiger partial charge is 0.352 e. The van der Waals surface area contributed by atoms with Gasteiger partial charge < -0.3 is 15.0 Å². The number of carboxylic acid groups (broad SMARTS) is 1. The maximum Gasteiger partial charge on any atom is 0.352 e. The van der Waals surface area contributed by atoms with E-state index < -0.39 is 18.9 Å². The number of carbonyl (C=O) groups excluding carboxylic acids is 1. The zero-order valence-electron chi connectivity index (χ0n) is 9.38. The molecule has 0 saturated carbocycles. The predicted molar refractivity (Wildman–Crippen MR) is 65.3 cm³/mol. The quantitative estimate of drug-likeness (QED) is 0.736. The van der Waals surface area contributed by atoms with E-state index in [-0.39, 0.29) is 11.3 Å². The van der Waals surface area contributed by atoms with E-state index in [2.05, 4.69) is 4.98 Å². The van der Waals surface area contributed by atoms with E-state index in [9.17, 15) is 19.0 Å². The van der Waals surface area contributed by atoms with Crippen LogP contribution in [-0.4, -0.2) is 33.1 Å². The van der Waals surface area contributed by atoms with Gasteiger partial charge in [-0.1, -0.05) is 0 Å². The third-order valence-electron chi connectivity index (χ3n) is 2.47. The number of aromatic nitrogens is 1. The number of hydrogen-bond donors (Lipinski definition) is 3. The zero-order chi connectivity index (χ0) is 13.5. The number of fused-ring (bicyclic) bond motifs is 1. The number of carbonyl (C=O) groups is 2. The average Bonchev–Trinajstić information content (AvgIpc) is 2.69. The summed E-state index contributed by atoms with van der Waals surface area (Å²) in [6.07, 6.45) is 0. The summed E-state index contributed by atoms with van der Waals surface area (Å²) in [6.45, 7) is 0.972. The van der Waals surface area contributed by atoms with E-state index in [1.807, 2.05) is 0 Å². The van der Waals surface area contributed by atoms with Crippen molar-refractivity contribution in [2.75, 3.05) is 6.66 Å². The van der Waals surface area contributed by atoms with Gasteiger partial charge >= 0.3 is 5.97 Å². The van der Waals surface area contributed by atoms with Crippen LogP contribution in [-0.2, 0) is 4.57 Å². The molecule has 0 radical (unpaired) electrons. The van der Waals surface area contributed by atoms with Crippen molar-refractivity contribution < 1.29 is 24.2 Å². The minimum atomic E-state index is -3.83. The summed E-state index contributed by atoms with van der Waals surface area (Å²) >= 11 is 0. The normalized spacial score (nSPS) is 14.3. The van der Waals surface area contributed by atoms with E-state index in [0.29, 0.717) is 10.9 Å². The van der Waals surface area contributed by atoms with Gasteiger partial charge in [0.25, 0.3) is 7.37 Å². The van der Waals surface area contributed by atoms with Crippen molar-refractivity contribution in [3.63, 3.8) is 0 Å². The topological polar surface area (TPSA) is 107 Å². The van der Waals surface area contributed by atoms with Gasteiger partial charge in [0, 0.05) is 23.1 Å². The number of rotatable bonds is 3. The van der Waals surface area contributed by atoms with Crippen molar-refractivity contribution >= 4 is 29.8 Å². The van der Waals surface area contributed by atoms with Crippen LogP contribution in [0.3, 0.4) is 0 Å². The van der Waals surface area contributed by atoms with Crippen LogP contribution in [0.25, 0.3) is 10.9 Å². The molecular weight excluding hydrogens is 257 g/mol. The molecule has 6 nitrogen and oxygen atoms in total. The highest BCUT2D eigenvalue weighted by Crippen LogP contribution is 2.40. The molecule has 1 atom stereocenters. The standard InChI is InChI=1S/C11H10NO5P/c1-18(16,17)11(15)6-2-3-8-7(4-6)5-9(12-8)10(13)14/h2-5,12H,1H3,(H,13,14)(H,16,17). The molecular formula is C11H10NO5P. The summed E-state index contributed by atoms with van der Waals surface area (Å²) in [5.41, 5.74) is -0.208. The largest absolute Gasteiger partial charge is 0.477 e. The van der Waals surface area contributed by atoms with E-state index >= 15 is 0 Å². The fourth-order valence-corrected chi connectivity index (χ4v) is 2.24. The minimum Gasteiger partial charge on any atom is -0.477 e. The lowest BCUT2D eigenvalue weighted by atomic mass is 10.2. The number of hydrogen-bond acceptors (Lipinski definition) is 3. The first kappa shape index (κ1) is 12.5. The molecule has 0 spiro atoms. The highest BCUT2D eigenvalue weighted by Gasteiger charge is 2.24. The number of nitrogens with one attached hydrogen (secondary N) is 1. The molecule has 18 heavy (non-hydrogen) atoms. The zero-order valence-corrected chi connectivity index (χ0v) is 10.3. The molecule has 2 aromatic rings. The Labute approximate surface area is 102 Å². The minimum absolute atomic E-state index is 0.00159. The molecule has 94 valence electrons. The van der Waals surface area contributed by atoms with Gasteiger partial charge in [-0.15, -0.1) is 0 Å². The Morgan fingerprint density at radius 2 is 1.94 bits per heavy atom. The molecule has 0 aliphatic carbocycles. The summed E-state index contributed by atoms with van der Waals surface area (Å²) in [7, 11) is -3.83. The molecule has 1 aromatic heterocycles. The Morgan fingerprint density at radius 1 is 1.28 bits per heavy atom. The Kier molecular flexibility index (Phi) is 2.84. The maximum absolute atomic E-state index is 11.6. The summed E-state index contributed by atoms with van der Waals surface area (Å²) < 4.78 is 11.3. The Morgan fingerprint density at radius 3 is 2.50 bits per heavy atom. The summed E-state index contributed by atoms with van der Waals surface area (Å²) in [5.74, 6) is -1.11. The first-order valence-electron chi connectivity index (χ1n) is 5.00. The third-order valence-corrected chi connectivity index (χ3v) is 3.49. The van der Waals surface area contributed by atoms with Crippen molar-refractivity contribution in [2.24, 2.45) is 0 Å². The van der Waals surface area contributed by atoms with Crippen LogP contribution < -0.4 is 0 Å². The highest BCUT2D eigenvalue weighted by atomic mass is 31.2. The van der Waals surface area contributed by atoms with Crippen LogP contribution in [0, 0.1) is 0 Å². The molecule has 0 saturated heterocycles. The van der Waals surface area contributed by atoms with Crippen molar-refractivity contribution in [1.29, 1.82) is 0 Å². The van der Waals surface area contributed by atoms with Gasteiger partial charge in [-0.05, 0) is 24.3 Å². The van der Waals surface area contributed by atoms with Crippen LogP contribution in [0.15, 0.2) is 24.3 Å². The van der Waals surface area contributed by atoms with E-state index in [1.165, 1.54) is 24.3 Å². The lowest BCUT2D eigenvalue weighted by molar-refractivity contribution is 0.0691. The van der Waals surface area contributed by atoms with Gasteiger partial charge in [0.2, 0.25) is 5.52 Å². The van der Waals surface area contributed by atoms with Crippen LogP contribution in [0.5, 0.6) is 0 Å². The lowest BCUT2D eigenvalue weighted by Gasteiger charge is -2.03. The van der Waals surface area contributed by atoms with Crippen LogP contribution in [0.1, 0.15) is 20.8 Å². The van der Waals surface area contributed by atoms with Gasteiger partial charge in [0.1, 0.15) is 5.69 Å². The second-order valence-electron chi connectivity index (χ2n) is 3.97. The predicted octanol–water partition coefficient (Wildman–Crippen LogP) is 1.91. The van der Waals surface area contributed by atoms with E-state index in [1.54, 1.807) is 0 Å². The van der Waals surface area contributed by atoms with Gasteiger partial charge in [-0.3, -0.25) is 9.36 Å². The first-order valence-corrected chi connectivity index (χ1v) is 7.11. The fraction of sp³-hybridized carbons (Fsp3) is 0.0909. The van der Waals surface area contributed by atoms with Crippen molar-refractivity contribution in [2.45, 2.75) is 0 Å². The Balaban J connectivity index is 2.54. The molecule has 0 fully saturated rings. The number of carboxylic acids is 1. The number of benzene rings is 1. The molecule has 1 heterocycles.